The van der Waals surface area contributed by atoms with E-state index in [4.69, 9.17) is 5.11 Å². The van der Waals surface area contributed by atoms with E-state index in [1.807, 2.05) is 0 Å². The first kappa shape index (κ1) is 11.3. The van der Waals surface area contributed by atoms with Gasteiger partial charge in [0, 0.05) is 12.4 Å². The molecule has 0 saturated heterocycles. The average Bonchev–Trinajstić information content (AvgIpc) is 1.27. The van der Waals surface area contributed by atoms with Gasteiger partial charge in [-0.25, -0.2) is 0 Å². The van der Waals surface area contributed by atoms with Crippen LogP contribution in [-0.4, -0.2) is 17.2 Å². The van der Waals surface area contributed by atoms with Gasteiger partial charge in [-0.1, -0.05) is 0 Å². The molecule has 4 heteroatoms. The number of aliphatic carboxylic acids is 1. The molecule has 42 valence electrons. The molecule has 0 fully saturated rings. The van der Waals surface area contributed by atoms with Crippen molar-refractivity contribution in [2.24, 2.45) is 0 Å². The number of carbonyl (C=O) groups is 1. The summed E-state index contributed by atoms with van der Waals surface area (Å²) in [6.07, 6.45) is -1.06. The summed E-state index contributed by atoms with van der Waals surface area (Å²) in [6.45, 7) is 1.40. The van der Waals surface area contributed by atoms with Gasteiger partial charge in [-0.3, -0.25) is 0 Å². The van der Waals surface area contributed by atoms with E-state index in [-0.39, 0.29) is 36.0 Å². The maximum Gasteiger partial charge on any atom is 1.00 e. The molecule has 3 nitrogen and oxygen atoms in total. The van der Waals surface area contributed by atoms with E-state index in [9.17, 15) is 9.90 Å². The summed E-state index contributed by atoms with van der Waals surface area (Å²) < 4.78 is 0. The molecule has 0 radical (unpaired) electrons. The molecule has 0 aromatic carbocycles. The SMILES string of the molecule is C[C@@H](O)CC(=O)[O-].[Na+]. The Bertz CT molecular complexity index is 71.7. The summed E-state index contributed by atoms with van der Waals surface area (Å²) in [4.78, 5) is 9.54. The molecule has 0 saturated carbocycles. The van der Waals surface area contributed by atoms with E-state index in [2.05, 4.69) is 0 Å². The first-order chi connectivity index (χ1) is 3.13. The van der Waals surface area contributed by atoms with E-state index in [0.29, 0.717) is 0 Å². The van der Waals surface area contributed by atoms with Crippen molar-refractivity contribution < 1.29 is 44.6 Å². The number of aliphatic hydroxyl groups excluding tert-OH is 1. The summed E-state index contributed by atoms with van der Waals surface area (Å²) in [5.41, 5.74) is 0. The number of rotatable bonds is 2. The Morgan fingerprint density at radius 3 is 2.25 bits per heavy atom. The smallest absolute Gasteiger partial charge is 0.550 e. The molecule has 0 aliphatic rings. The van der Waals surface area contributed by atoms with Crippen LogP contribution in [0.4, 0.5) is 0 Å². The summed E-state index contributed by atoms with van der Waals surface area (Å²) in [6, 6.07) is 0. The molecule has 0 aromatic rings. The van der Waals surface area contributed by atoms with Gasteiger partial charge in [-0.05, 0) is 6.92 Å². The second-order valence-corrected chi connectivity index (χ2v) is 1.43. The minimum absolute atomic E-state index is 0. The summed E-state index contributed by atoms with van der Waals surface area (Å²) in [5.74, 6) is -1.21. The molecule has 0 unspecified atom stereocenters. The predicted octanol–water partition coefficient (Wildman–Crippen LogP) is -4.49. The Kier molecular flexibility index (Phi) is 7.83. The molecular formula is C4H7NaO3. The third kappa shape index (κ3) is 9.66. The fraction of sp³-hybridized carbons (Fsp3) is 0.750. The van der Waals surface area contributed by atoms with Crippen LogP contribution in [0.3, 0.4) is 0 Å². The van der Waals surface area contributed by atoms with E-state index in [1.54, 1.807) is 0 Å². The minimum atomic E-state index is -1.21. The molecule has 1 atom stereocenters. The van der Waals surface area contributed by atoms with Crippen LogP contribution in [-0.2, 0) is 4.79 Å². The zero-order chi connectivity index (χ0) is 5.86. The van der Waals surface area contributed by atoms with Gasteiger partial charge in [0.1, 0.15) is 0 Å². The normalized spacial score (nSPS) is 11.8. The van der Waals surface area contributed by atoms with Crippen LogP contribution in [0.2, 0.25) is 0 Å². The van der Waals surface area contributed by atoms with Crippen LogP contribution in [0.25, 0.3) is 0 Å². The number of carbonyl (C=O) groups excluding carboxylic acids is 1. The third-order valence-electron chi connectivity index (χ3n) is 0.462. The Hall–Kier alpha value is 0.430. The molecule has 0 spiro atoms. The molecule has 0 rings (SSSR count). The zero-order valence-electron chi connectivity index (χ0n) is 5.05. The molecule has 8 heavy (non-hydrogen) atoms. The monoisotopic (exact) mass is 126 g/mol. The second-order valence-electron chi connectivity index (χ2n) is 1.43. The Morgan fingerprint density at radius 1 is 1.88 bits per heavy atom. The van der Waals surface area contributed by atoms with E-state index < -0.39 is 12.1 Å². The quantitative estimate of drug-likeness (QED) is 0.379. The molecule has 0 aromatic heterocycles. The number of carboxylic acids is 1. The standard InChI is InChI=1S/C4H8O3.Na/c1-3(5)2-4(6)7;/h3,5H,2H2,1H3,(H,6,7);/q;+1/p-1/t3-;/m1./s1. The van der Waals surface area contributed by atoms with Crippen molar-refractivity contribution >= 4 is 5.97 Å². The number of carboxylic acid groups (broad SMARTS) is 1. The number of aliphatic hydroxyl groups is 1. The molecule has 0 heterocycles. The number of hydrogen-bond acceptors (Lipinski definition) is 3. The van der Waals surface area contributed by atoms with Crippen LogP contribution < -0.4 is 34.7 Å². The van der Waals surface area contributed by atoms with Crippen LogP contribution in [0, 0.1) is 0 Å². The first-order valence-corrected chi connectivity index (χ1v) is 2.01. The van der Waals surface area contributed by atoms with Crippen LogP contribution in [0.15, 0.2) is 0 Å². The van der Waals surface area contributed by atoms with Crippen LogP contribution >= 0.6 is 0 Å². The van der Waals surface area contributed by atoms with Crippen molar-refractivity contribution in [3.8, 4) is 0 Å². The van der Waals surface area contributed by atoms with Crippen LogP contribution in [0.5, 0.6) is 0 Å². The van der Waals surface area contributed by atoms with Crippen molar-refractivity contribution in [1.29, 1.82) is 0 Å². The Labute approximate surface area is 70.0 Å². The fourth-order valence-electron chi connectivity index (χ4n) is 0.241. The van der Waals surface area contributed by atoms with Crippen molar-refractivity contribution in [1.82, 2.24) is 0 Å². The van der Waals surface area contributed by atoms with Gasteiger partial charge >= 0.3 is 29.6 Å². The Morgan fingerprint density at radius 2 is 2.25 bits per heavy atom. The molecule has 0 bridgehead atoms. The zero-order valence-corrected chi connectivity index (χ0v) is 7.05. The van der Waals surface area contributed by atoms with E-state index >= 15 is 0 Å². The van der Waals surface area contributed by atoms with Gasteiger partial charge < -0.3 is 15.0 Å². The molecule has 1 N–H and O–H groups in total. The average molecular weight is 126 g/mol. The van der Waals surface area contributed by atoms with Gasteiger partial charge in [0.2, 0.25) is 0 Å². The maximum absolute atomic E-state index is 9.54. The molecular weight excluding hydrogens is 119 g/mol. The van der Waals surface area contributed by atoms with Crippen molar-refractivity contribution in [3.05, 3.63) is 0 Å². The Balaban J connectivity index is 0. The topological polar surface area (TPSA) is 60.4 Å². The number of hydrogen-bond donors (Lipinski definition) is 1. The summed E-state index contributed by atoms with van der Waals surface area (Å²) in [5, 5.41) is 17.8. The van der Waals surface area contributed by atoms with Crippen molar-refractivity contribution in [2.75, 3.05) is 0 Å². The van der Waals surface area contributed by atoms with Crippen molar-refractivity contribution in [2.45, 2.75) is 19.4 Å². The van der Waals surface area contributed by atoms with E-state index in [1.165, 1.54) is 6.92 Å². The summed E-state index contributed by atoms with van der Waals surface area (Å²) >= 11 is 0. The largest absolute Gasteiger partial charge is 1.00 e. The summed E-state index contributed by atoms with van der Waals surface area (Å²) in [7, 11) is 0. The first-order valence-electron chi connectivity index (χ1n) is 2.01. The second kappa shape index (κ2) is 5.56. The van der Waals surface area contributed by atoms with Crippen molar-refractivity contribution in [3.63, 3.8) is 0 Å². The fourth-order valence-corrected chi connectivity index (χ4v) is 0.241. The van der Waals surface area contributed by atoms with Gasteiger partial charge in [-0.2, -0.15) is 0 Å². The van der Waals surface area contributed by atoms with Gasteiger partial charge in [0.15, 0.2) is 0 Å². The minimum Gasteiger partial charge on any atom is -0.550 e. The van der Waals surface area contributed by atoms with Gasteiger partial charge in [-0.15, -0.1) is 0 Å². The predicted molar refractivity (Wildman–Crippen MR) is 21.3 cm³/mol. The molecule has 0 aliphatic carbocycles. The van der Waals surface area contributed by atoms with Gasteiger partial charge in [0.05, 0.1) is 6.10 Å². The third-order valence-corrected chi connectivity index (χ3v) is 0.462. The maximum atomic E-state index is 9.54. The van der Waals surface area contributed by atoms with Crippen LogP contribution in [0.1, 0.15) is 13.3 Å². The molecule has 0 amide bonds. The van der Waals surface area contributed by atoms with E-state index in [0.717, 1.165) is 0 Å². The van der Waals surface area contributed by atoms with Gasteiger partial charge in [0.25, 0.3) is 0 Å². The molecule has 0 aliphatic heterocycles.